The first-order valence-corrected chi connectivity index (χ1v) is 16.0. The number of aromatic amines is 1. The van der Waals surface area contributed by atoms with E-state index >= 15 is 0 Å². The summed E-state index contributed by atoms with van der Waals surface area (Å²) in [4.78, 5) is 22.1. The molecule has 6 aromatic rings. The van der Waals surface area contributed by atoms with Crippen LogP contribution in [0.4, 0.5) is 22.7 Å². The number of aromatic nitrogens is 5. The predicted molar refractivity (Wildman–Crippen MR) is 178 cm³/mol. The molecule has 1 aliphatic carbocycles. The summed E-state index contributed by atoms with van der Waals surface area (Å²) >= 11 is 0. The second-order valence-electron chi connectivity index (χ2n) is 13.1. The summed E-state index contributed by atoms with van der Waals surface area (Å²) < 4.78 is 6.38. The third kappa shape index (κ3) is 4.71. The molecule has 1 saturated carbocycles. The fraction of sp³-hybridized carbons (Fsp3) is 0.297. The van der Waals surface area contributed by atoms with Crippen molar-refractivity contribution in [3.63, 3.8) is 0 Å². The van der Waals surface area contributed by atoms with Crippen molar-refractivity contribution in [3.8, 4) is 11.5 Å². The highest BCUT2D eigenvalue weighted by atomic mass is 16.5. The van der Waals surface area contributed by atoms with Crippen LogP contribution in [0.5, 0.6) is 0 Å². The van der Waals surface area contributed by atoms with Crippen molar-refractivity contribution in [3.05, 3.63) is 96.1 Å². The number of anilines is 4. The van der Waals surface area contributed by atoms with Gasteiger partial charge in [0.25, 0.3) is 0 Å². The summed E-state index contributed by atoms with van der Waals surface area (Å²) in [5, 5.41) is 8.23. The van der Waals surface area contributed by atoms with Crippen LogP contribution in [0.25, 0.3) is 33.5 Å². The molecule has 224 valence electrons. The molecule has 4 atom stereocenters. The van der Waals surface area contributed by atoms with E-state index in [0.29, 0.717) is 23.5 Å². The van der Waals surface area contributed by atoms with E-state index in [4.69, 9.17) is 19.7 Å². The van der Waals surface area contributed by atoms with Gasteiger partial charge in [0.15, 0.2) is 5.82 Å². The molecule has 2 unspecified atom stereocenters. The van der Waals surface area contributed by atoms with Gasteiger partial charge in [-0.2, -0.15) is 0 Å². The normalized spacial score (nSPS) is 23.6. The number of imidazole rings is 1. The van der Waals surface area contributed by atoms with Crippen LogP contribution >= 0.6 is 0 Å². The molecule has 2 saturated heterocycles. The Morgan fingerprint density at radius 3 is 2.58 bits per heavy atom. The maximum absolute atomic E-state index is 6.38. The van der Waals surface area contributed by atoms with Crippen LogP contribution in [-0.4, -0.2) is 37.1 Å². The van der Waals surface area contributed by atoms with Crippen LogP contribution in [0, 0.1) is 19.3 Å². The molecule has 6 heterocycles. The van der Waals surface area contributed by atoms with E-state index in [1.165, 1.54) is 37.7 Å². The first kappa shape index (κ1) is 26.6. The first-order chi connectivity index (χ1) is 22.0. The van der Waals surface area contributed by atoms with Crippen LogP contribution in [0.15, 0.2) is 79.1 Å². The van der Waals surface area contributed by atoms with E-state index in [1.54, 1.807) is 0 Å². The zero-order valence-electron chi connectivity index (χ0n) is 25.5. The SMILES string of the molecule is Cc1cc(Nc2ccc3nc(-c4ccc(Nc5cc(C)nc6ccc([C@H]7CC78CC[C@@H]7CCC8O7)cc56)cn4)[nH]c3c2)ccn1. The lowest BCUT2D eigenvalue weighted by atomic mass is 9.87. The molecule has 0 radical (unpaired) electrons. The molecule has 8 nitrogen and oxygen atoms in total. The summed E-state index contributed by atoms with van der Waals surface area (Å²) in [6.45, 7) is 4.03. The lowest BCUT2D eigenvalue weighted by molar-refractivity contribution is -0.0450. The van der Waals surface area contributed by atoms with Gasteiger partial charge in [-0.1, -0.05) is 6.07 Å². The summed E-state index contributed by atoms with van der Waals surface area (Å²) in [7, 11) is 0. The number of nitrogens with zero attached hydrogens (tertiary/aromatic N) is 4. The lowest BCUT2D eigenvalue weighted by Crippen LogP contribution is -2.30. The summed E-state index contributed by atoms with van der Waals surface area (Å²) in [6, 6.07) is 23.1. The molecule has 0 amide bonds. The second-order valence-corrected chi connectivity index (χ2v) is 13.1. The third-order valence-electron chi connectivity index (χ3n) is 10.1. The first-order valence-electron chi connectivity index (χ1n) is 16.0. The van der Waals surface area contributed by atoms with E-state index in [9.17, 15) is 0 Å². The van der Waals surface area contributed by atoms with Crippen LogP contribution in [0.1, 0.15) is 55.0 Å². The number of hydrogen-bond donors (Lipinski definition) is 3. The molecule has 8 heteroatoms. The summed E-state index contributed by atoms with van der Waals surface area (Å²) in [5.74, 6) is 1.32. The molecule has 3 fully saturated rings. The van der Waals surface area contributed by atoms with Gasteiger partial charge in [0.2, 0.25) is 0 Å². The van der Waals surface area contributed by atoms with Gasteiger partial charge in [0.05, 0.1) is 40.6 Å². The Bertz CT molecular complexity index is 2090. The topological polar surface area (TPSA) is 101 Å². The van der Waals surface area contributed by atoms with Crippen molar-refractivity contribution < 1.29 is 4.74 Å². The summed E-state index contributed by atoms with van der Waals surface area (Å²) in [6.07, 6.45) is 10.9. The minimum absolute atomic E-state index is 0.347. The van der Waals surface area contributed by atoms with Crippen molar-refractivity contribution in [2.24, 2.45) is 5.41 Å². The van der Waals surface area contributed by atoms with Crippen LogP contribution < -0.4 is 10.6 Å². The zero-order chi connectivity index (χ0) is 30.1. The fourth-order valence-corrected chi connectivity index (χ4v) is 7.79. The minimum atomic E-state index is 0.347. The number of ether oxygens (including phenoxy) is 1. The number of H-pyrrole nitrogens is 1. The fourth-order valence-electron chi connectivity index (χ4n) is 7.79. The van der Waals surface area contributed by atoms with Gasteiger partial charge in [-0.25, -0.2) is 4.98 Å². The molecule has 2 bridgehead atoms. The van der Waals surface area contributed by atoms with Gasteiger partial charge in [0.1, 0.15) is 5.69 Å². The van der Waals surface area contributed by atoms with E-state index in [0.717, 1.165) is 67.6 Å². The Morgan fingerprint density at radius 2 is 1.69 bits per heavy atom. The highest BCUT2D eigenvalue weighted by molar-refractivity contribution is 5.94. The van der Waals surface area contributed by atoms with E-state index in [-0.39, 0.29) is 0 Å². The van der Waals surface area contributed by atoms with E-state index in [1.807, 2.05) is 56.6 Å². The van der Waals surface area contributed by atoms with E-state index < -0.39 is 0 Å². The second kappa shape index (κ2) is 10.1. The summed E-state index contributed by atoms with van der Waals surface area (Å²) in [5.41, 5.74) is 11.3. The Kier molecular flexibility index (Phi) is 5.97. The average Bonchev–Trinajstić information content (AvgIpc) is 3.37. The quantitative estimate of drug-likeness (QED) is 0.178. The van der Waals surface area contributed by atoms with Gasteiger partial charge in [-0.3, -0.25) is 15.0 Å². The zero-order valence-corrected chi connectivity index (χ0v) is 25.5. The van der Waals surface area contributed by atoms with Crippen molar-refractivity contribution in [2.45, 2.75) is 64.1 Å². The molecule has 3 N–H and O–H groups in total. The van der Waals surface area contributed by atoms with E-state index in [2.05, 4.69) is 57.0 Å². The standard InChI is InChI=1S/C37H35N7O/c1-21-15-25(12-14-38-21)41-24-4-8-31-34(18-24)44-36(43-31)32-9-5-26(20-39-32)42-33-16-22(2)40-30-7-3-23(17-28(30)33)29-19-37(29)13-11-27-6-10-35(37)45-27/h3-5,7-9,12,14-18,20,27,29,35H,6,10-11,13,19H2,1-2H3,(H,38,41)(H,40,42)(H,43,44)/t27-,29+,35?,37?/m0/s1. The Hall–Kier alpha value is -4.82. The molecule has 9 rings (SSSR count). The van der Waals surface area contributed by atoms with Crippen molar-refractivity contribution in [1.82, 2.24) is 24.9 Å². The van der Waals surface area contributed by atoms with Gasteiger partial charge >= 0.3 is 0 Å². The third-order valence-corrected chi connectivity index (χ3v) is 10.1. The number of benzene rings is 2. The molecule has 2 aliphatic heterocycles. The van der Waals surface area contributed by atoms with Gasteiger partial charge in [-0.15, -0.1) is 0 Å². The highest BCUT2D eigenvalue weighted by Crippen LogP contribution is 2.69. The molecule has 2 aromatic carbocycles. The van der Waals surface area contributed by atoms with Crippen LogP contribution in [-0.2, 0) is 4.74 Å². The molecule has 3 aliphatic rings. The predicted octanol–water partition coefficient (Wildman–Crippen LogP) is 8.49. The van der Waals surface area contributed by atoms with Crippen LogP contribution in [0.3, 0.4) is 0 Å². The lowest BCUT2D eigenvalue weighted by Gasteiger charge is -2.30. The number of fused-ring (bicyclic) bond motifs is 5. The highest BCUT2D eigenvalue weighted by Gasteiger charge is 2.63. The smallest absolute Gasteiger partial charge is 0.157 e. The Balaban J connectivity index is 0.959. The molecular weight excluding hydrogens is 558 g/mol. The monoisotopic (exact) mass is 593 g/mol. The van der Waals surface area contributed by atoms with Crippen LogP contribution in [0.2, 0.25) is 0 Å². The average molecular weight is 594 g/mol. The minimum Gasteiger partial charge on any atom is -0.374 e. The largest absolute Gasteiger partial charge is 0.374 e. The number of hydrogen-bond acceptors (Lipinski definition) is 7. The molecular formula is C37H35N7O. The Morgan fingerprint density at radius 1 is 0.800 bits per heavy atom. The van der Waals surface area contributed by atoms with Gasteiger partial charge < -0.3 is 20.4 Å². The molecule has 4 aromatic heterocycles. The van der Waals surface area contributed by atoms with Gasteiger partial charge in [-0.05, 0) is 118 Å². The van der Waals surface area contributed by atoms with Crippen molar-refractivity contribution in [1.29, 1.82) is 0 Å². The molecule has 45 heavy (non-hydrogen) atoms. The number of pyridine rings is 3. The molecule has 1 spiro atoms. The number of aryl methyl sites for hydroxylation is 2. The maximum Gasteiger partial charge on any atom is 0.157 e. The van der Waals surface area contributed by atoms with Crippen molar-refractivity contribution in [2.75, 3.05) is 10.6 Å². The van der Waals surface area contributed by atoms with Gasteiger partial charge in [0, 0.05) is 45.4 Å². The number of rotatable bonds is 6. The maximum atomic E-state index is 6.38. The van der Waals surface area contributed by atoms with Crippen molar-refractivity contribution >= 4 is 44.7 Å². The number of nitrogens with one attached hydrogen (secondary N) is 3. The Labute approximate surface area is 261 Å².